The van der Waals surface area contributed by atoms with Crippen LogP contribution in [0.4, 0.5) is 0 Å². The van der Waals surface area contributed by atoms with Gasteiger partial charge in [0.05, 0.1) is 34.0 Å². The Morgan fingerprint density at radius 2 is 1.41 bits per heavy atom. The summed E-state index contributed by atoms with van der Waals surface area (Å²) in [7, 11) is 7.20. The third-order valence-corrected chi connectivity index (χ3v) is 7.16. The summed E-state index contributed by atoms with van der Waals surface area (Å²) in [5.74, 6) is 1.58. The van der Waals surface area contributed by atoms with Gasteiger partial charge in [-0.05, 0) is 35.4 Å². The molecule has 1 saturated heterocycles. The number of rotatable bonds is 9. The third-order valence-electron chi connectivity index (χ3n) is 5.86. The highest BCUT2D eigenvalue weighted by Gasteiger charge is 2.50. The highest BCUT2D eigenvalue weighted by atomic mass is 32.2. The summed E-state index contributed by atoms with van der Waals surface area (Å²) in [4.78, 5) is 6.85. The van der Waals surface area contributed by atoms with Crippen molar-refractivity contribution in [3.8, 4) is 11.5 Å². The van der Waals surface area contributed by atoms with Crippen LogP contribution >= 0.6 is 11.8 Å². The lowest BCUT2D eigenvalue weighted by atomic mass is 9.97. The highest BCUT2D eigenvalue weighted by molar-refractivity contribution is 8.14. The van der Waals surface area contributed by atoms with Gasteiger partial charge in [-0.3, -0.25) is 4.99 Å². The predicted molar refractivity (Wildman–Crippen MR) is 131 cm³/mol. The molecule has 0 spiro atoms. The number of amidine groups is 1. The van der Waals surface area contributed by atoms with Gasteiger partial charge in [-0.2, -0.15) is 0 Å². The zero-order valence-corrected chi connectivity index (χ0v) is 20.7. The number of nitrogens with zero attached hydrogens (tertiary/aromatic N) is 2. The van der Waals surface area contributed by atoms with Crippen LogP contribution in [0.15, 0.2) is 53.5 Å². The van der Waals surface area contributed by atoms with Gasteiger partial charge in [-0.15, -0.1) is 0 Å². The van der Waals surface area contributed by atoms with E-state index in [1.165, 1.54) is 0 Å². The first-order valence-corrected chi connectivity index (χ1v) is 12.1. The fourth-order valence-electron chi connectivity index (χ4n) is 3.98. The van der Waals surface area contributed by atoms with Crippen LogP contribution in [0.1, 0.15) is 11.1 Å². The van der Waals surface area contributed by atoms with Crippen molar-refractivity contribution >= 4 is 16.9 Å². The standard InChI is InChI=1S/C25H32N2O6S/c1-27(2)25-26-21-23(32-15-17-7-11-19(30-4)12-8-17)22(20(13-28)33-24(21)34-25)31-14-16-5-9-18(29-3)10-6-16/h5-12,20-24,28H,13-15H2,1-4H3/t20-,21-,22?,23?,24-/m1/s1. The number of benzene rings is 2. The van der Waals surface area contributed by atoms with Crippen molar-refractivity contribution < 1.29 is 28.8 Å². The Kier molecular flexibility index (Phi) is 8.33. The molecule has 0 amide bonds. The molecule has 0 saturated carbocycles. The molecule has 184 valence electrons. The fraction of sp³-hybridized carbons (Fsp3) is 0.480. The Morgan fingerprint density at radius 1 is 0.882 bits per heavy atom. The number of ether oxygens (including phenoxy) is 5. The first kappa shape index (κ1) is 24.8. The number of aliphatic imine (C=N–C) groups is 1. The Bertz CT molecular complexity index is 953. The minimum absolute atomic E-state index is 0.170. The molecule has 34 heavy (non-hydrogen) atoms. The Labute approximate surface area is 204 Å². The largest absolute Gasteiger partial charge is 0.497 e. The molecule has 4 rings (SSSR count). The van der Waals surface area contributed by atoms with Crippen LogP contribution in [0.3, 0.4) is 0 Å². The van der Waals surface area contributed by atoms with Crippen molar-refractivity contribution in [3.63, 3.8) is 0 Å². The molecule has 0 aromatic heterocycles. The summed E-state index contributed by atoms with van der Waals surface area (Å²) in [5, 5.41) is 11.0. The Balaban J connectivity index is 1.53. The fourth-order valence-corrected chi connectivity index (χ4v) is 5.13. The molecule has 5 atom stereocenters. The average Bonchev–Trinajstić information content (AvgIpc) is 3.31. The summed E-state index contributed by atoms with van der Waals surface area (Å²) >= 11 is 1.55. The second-order valence-corrected chi connectivity index (χ2v) is 9.45. The van der Waals surface area contributed by atoms with Gasteiger partial charge in [-0.25, -0.2) is 0 Å². The number of methoxy groups -OCH3 is 2. The van der Waals surface area contributed by atoms with Crippen molar-refractivity contribution in [2.24, 2.45) is 4.99 Å². The van der Waals surface area contributed by atoms with Crippen molar-refractivity contribution in [3.05, 3.63) is 59.7 Å². The number of thioether (sulfide) groups is 1. The van der Waals surface area contributed by atoms with Crippen molar-refractivity contribution in [2.75, 3.05) is 34.9 Å². The van der Waals surface area contributed by atoms with Gasteiger partial charge < -0.3 is 33.7 Å². The van der Waals surface area contributed by atoms with E-state index in [2.05, 4.69) is 0 Å². The number of fused-ring (bicyclic) bond motifs is 1. The monoisotopic (exact) mass is 488 g/mol. The number of hydrogen-bond donors (Lipinski definition) is 1. The van der Waals surface area contributed by atoms with Gasteiger partial charge in [0.1, 0.15) is 41.3 Å². The maximum atomic E-state index is 10.1. The van der Waals surface area contributed by atoms with Crippen LogP contribution in [-0.4, -0.2) is 79.9 Å². The molecule has 1 N–H and O–H groups in total. The molecule has 2 aromatic rings. The second kappa shape index (κ2) is 11.4. The molecule has 0 radical (unpaired) electrons. The molecule has 0 aliphatic carbocycles. The zero-order chi connectivity index (χ0) is 24.1. The third kappa shape index (κ3) is 5.67. The molecule has 2 unspecified atom stereocenters. The van der Waals surface area contributed by atoms with Crippen LogP contribution in [0.5, 0.6) is 11.5 Å². The minimum Gasteiger partial charge on any atom is -0.497 e. The van der Waals surface area contributed by atoms with Gasteiger partial charge in [0.15, 0.2) is 5.17 Å². The van der Waals surface area contributed by atoms with E-state index >= 15 is 0 Å². The molecular weight excluding hydrogens is 456 g/mol. The van der Waals surface area contributed by atoms with E-state index in [9.17, 15) is 5.11 Å². The normalized spacial score (nSPS) is 26.0. The van der Waals surface area contributed by atoms with Crippen molar-refractivity contribution in [1.82, 2.24) is 4.90 Å². The number of aliphatic hydroxyl groups excluding tert-OH is 1. The van der Waals surface area contributed by atoms with E-state index < -0.39 is 12.2 Å². The highest BCUT2D eigenvalue weighted by Crippen LogP contribution is 2.39. The summed E-state index contributed by atoms with van der Waals surface area (Å²) in [6.07, 6.45) is -1.40. The van der Waals surface area contributed by atoms with Gasteiger partial charge in [-0.1, -0.05) is 36.0 Å². The lowest BCUT2D eigenvalue weighted by Crippen LogP contribution is -2.57. The smallest absolute Gasteiger partial charge is 0.161 e. The summed E-state index contributed by atoms with van der Waals surface area (Å²) < 4.78 is 29.5. The quantitative estimate of drug-likeness (QED) is 0.577. The SMILES string of the molecule is COc1ccc(COC2C(OCc3ccc(OC)cc3)[C@@H](CO)O[C@@H]3SC(N(C)C)=N[C@H]23)cc1. The molecule has 2 aliphatic rings. The molecule has 9 heteroatoms. The van der Waals surface area contributed by atoms with Gasteiger partial charge >= 0.3 is 0 Å². The van der Waals surface area contributed by atoms with E-state index in [1.807, 2.05) is 67.5 Å². The minimum atomic E-state index is -0.524. The molecule has 1 fully saturated rings. The van der Waals surface area contributed by atoms with Crippen LogP contribution in [-0.2, 0) is 27.4 Å². The maximum Gasteiger partial charge on any atom is 0.161 e. The number of hydrogen-bond acceptors (Lipinski definition) is 9. The number of aliphatic hydroxyl groups is 1. The summed E-state index contributed by atoms with van der Waals surface area (Å²) in [6.45, 7) is 0.568. The first-order chi connectivity index (χ1) is 16.5. The van der Waals surface area contributed by atoms with E-state index in [0.717, 1.165) is 27.8 Å². The van der Waals surface area contributed by atoms with Crippen LogP contribution < -0.4 is 9.47 Å². The van der Waals surface area contributed by atoms with Crippen molar-refractivity contribution in [1.29, 1.82) is 0 Å². The lowest BCUT2D eigenvalue weighted by Gasteiger charge is -2.42. The molecule has 2 aliphatic heterocycles. The van der Waals surface area contributed by atoms with Gasteiger partial charge in [0, 0.05) is 14.1 Å². The average molecular weight is 489 g/mol. The van der Waals surface area contributed by atoms with Crippen LogP contribution in [0.2, 0.25) is 0 Å². The van der Waals surface area contributed by atoms with E-state index in [0.29, 0.717) is 13.2 Å². The van der Waals surface area contributed by atoms with E-state index in [-0.39, 0.29) is 24.2 Å². The lowest BCUT2D eigenvalue weighted by molar-refractivity contribution is -0.205. The Hall–Kier alpha value is -2.30. The second-order valence-electron chi connectivity index (χ2n) is 8.39. The zero-order valence-electron chi connectivity index (χ0n) is 19.9. The molecule has 2 heterocycles. The van der Waals surface area contributed by atoms with E-state index in [4.69, 9.17) is 28.7 Å². The molecule has 8 nitrogen and oxygen atoms in total. The summed E-state index contributed by atoms with van der Waals surface area (Å²) in [6, 6.07) is 15.2. The van der Waals surface area contributed by atoms with Crippen LogP contribution in [0, 0.1) is 0 Å². The topological polar surface area (TPSA) is 82.0 Å². The molecule has 2 aromatic carbocycles. The van der Waals surface area contributed by atoms with Crippen molar-refractivity contribution in [2.45, 2.75) is 43.0 Å². The maximum absolute atomic E-state index is 10.1. The van der Waals surface area contributed by atoms with Gasteiger partial charge in [0.25, 0.3) is 0 Å². The first-order valence-electron chi connectivity index (χ1n) is 11.2. The van der Waals surface area contributed by atoms with Gasteiger partial charge in [0.2, 0.25) is 0 Å². The van der Waals surface area contributed by atoms with Crippen LogP contribution in [0.25, 0.3) is 0 Å². The Morgan fingerprint density at radius 3 is 1.88 bits per heavy atom. The molecular formula is C25H32N2O6S. The molecule has 0 bridgehead atoms. The van der Waals surface area contributed by atoms with E-state index in [1.54, 1.807) is 26.0 Å². The summed E-state index contributed by atoms with van der Waals surface area (Å²) in [5.41, 5.74) is 1.77. The predicted octanol–water partition coefficient (Wildman–Crippen LogP) is 2.92.